The van der Waals surface area contributed by atoms with Crippen LogP contribution in [0, 0.1) is 11.8 Å². The van der Waals surface area contributed by atoms with Gasteiger partial charge in [-0.25, -0.2) is 0 Å². The van der Waals surface area contributed by atoms with E-state index in [1.54, 1.807) is 0 Å². The van der Waals surface area contributed by atoms with E-state index in [0.717, 1.165) is 0 Å². The molecule has 1 aliphatic heterocycles. The number of carbonyl (C=O) groups excluding carboxylic acids is 1. The molecule has 0 aromatic rings. The second-order valence-corrected chi connectivity index (χ2v) is 3.42. The average molecular weight is 186 g/mol. The van der Waals surface area contributed by atoms with E-state index in [2.05, 4.69) is 0 Å². The van der Waals surface area contributed by atoms with Gasteiger partial charge in [-0.3, -0.25) is 9.59 Å². The number of hydrogen-bond acceptors (Lipinski definition) is 3. The minimum Gasteiger partial charge on any atom is -0.481 e. The van der Waals surface area contributed by atoms with Gasteiger partial charge in [0, 0.05) is 13.1 Å². The largest absolute Gasteiger partial charge is 0.481 e. The van der Waals surface area contributed by atoms with E-state index in [-0.39, 0.29) is 18.4 Å². The summed E-state index contributed by atoms with van der Waals surface area (Å²) < 4.78 is 0. The Labute approximate surface area is 76.5 Å². The van der Waals surface area contributed by atoms with Crippen LogP contribution in [0.5, 0.6) is 0 Å². The highest BCUT2D eigenvalue weighted by Gasteiger charge is 2.36. The Morgan fingerprint density at radius 2 is 2.15 bits per heavy atom. The van der Waals surface area contributed by atoms with E-state index in [1.165, 1.54) is 4.90 Å². The third kappa shape index (κ3) is 1.98. The molecule has 2 atom stereocenters. The molecule has 2 unspecified atom stereocenters. The maximum absolute atomic E-state index is 11.1. The molecule has 0 radical (unpaired) electrons. The lowest BCUT2D eigenvalue weighted by molar-refractivity contribution is -0.142. The molecule has 1 aliphatic rings. The maximum atomic E-state index is 11.1. The van der Waals surface area contributed by atoms with Crippen molar-refractivity contribution in [3.63, 3.8) is 0 Å². The molecular weight excluding hydrogens is 172 g/mol. The Bertz CT molecular complexity index is 229. The monoisotopic (exact) mass is 186 g/mol. The first-order valence-electron chi connectivity index (χ1n) is 4.27. The van der Waals surface area contributed by atoms with Crippen molar-refractivity contribution in [1.82, 2.24) is 4.90 Å². The lowest BCUT2D eigenvalue weighted by Gasteiger charge is -2.13. The number of hydrogen-bond donors (Lipinski definition) is 2. The van der Waals surface area contributed by atoms with E-state index >= 15 is 0 Å². The Kier molecular flexibility index (Phi) is 2.87. The fraction of sp³-hybridized carbons (Fsp3) is 0.750. The Hall–Kier alpha value is -1.10. The van der Waals surface area contributed by atoms with Gasteiger partial charge in [-0.2, -0.15) is 0 Å². The van der Waals surface area contributed by atoms with Gasteiger partial charge in [0.2, 0.25) is 5.91 Å². The third-order valence-electron chi connectivity index (χ3n) is 2.46. The summed E-state index contributed by atoms with van der Waals surface area (Å²) in [6, 6.07) is 0. The first-order chi connectivity index (χ1) is 6.06. The van der Waals surface area contributed by atoms with Crippen molar-refractivity contribution >= 4 is 11.9 Å². The standard InChI is InChI=1S/C8H14N2O3/c1-5-3-10(7(11)2-9)4-6(5)8(12)13/h5-6H,2-4,9H2,1H3,(H,12,13). The summed E-state index contributed by atoms with van der Waals surface area (Å²) in [4.78, 5) is 23.4. The minimum atomic E-state index is -0.833. The van der Waals surface area contributed by atoms with Gasteiger partial charge in [0.1, 0.15) is 0 Å². The van der Waals surface area contributed by atoms with Crippen LogP contribution in [-0.4, -0.2) is 41.5 Å². The van der Waals surface area contributed by atoms with E-state index < -0.39 is 11.9 Å². The van der Waals surface area contributed by atoms with Crippen molar-refractivity contribution in [1.29, 1.82) is 0 Å². The van der Waals surface area contributed by atoms with Gasteiger partial charge < -0.3 is 15.7 Å². The zero-order valence-corrected chi connectivity index (χ0v) is 7.56. The van der Waals surface area contributed by atoms with Crippen molar-refractivity contribution in [2.45, 2.75) is 6.92 Å². The quantitative estimate of drug-likeness (QED) is 0.587. The average Bonchev–Trinajstić information content (AvgIpc) is 2.46. The van der Waals surface area contributed by atoms with E-state index in [1.807, 2.05) is 6.92 Å². The molecular formula is C8H14N2O3. The smallest absolute Gasteiger partial charge is 0.308 e. The van der Waals surface area contributed by atoms with E-state index in [9.17, 15) is 9.59 Å². The number of nitrogens with two attached hydrogens (primary N) is 1. The zero-order valence-electron chi connectivity index (χ0n) is 7.56. The minimum absolute atomic E-state index is 0.0213. The van der Waals surface area contributed by atoms with Crippen LogP contribution in [0.4, 0.5) is 0 Å². The summed E-state index contributed by atoms with van der Waals surface area (Å²) >= 11 is 0. The molecule has 5 nitrogen and oxygen atoms in total. The first kappa shape index (κ1) is 9.98. The molecule has 0 aromatic carbocycles. The maximum Gasteiger partial charge on any atom is 0.308 e. The molecule has 74 valence electrons. The third-order valence-corrected chi connectivity index (χ3v) is 2.46. The van der Waals surface area contributed by atoms with E-state index in [4.69, 9.17) is 10.8 Å². The van der Waals surface area contributed by atoms with Crippen molar-refractivity contribution in [2.75, 3.05) is 19.6 Å². The van der Waals surface area contributed by atoms with Crippen LogP contribution in [0.1, 0.15) is 6.92 Å². The summed E-state index contributed by atoms with van der Waals surface area (Å²) in [5.41, 5.74) is 5.18. The van der Waals surface area contributed by atoms with Crippen LogP contribution in [-0.2, 0) is 9.59 Å². The van der Waals surface area contributed by atoms with Gasteiger partial charge in [0.05, 0.1) is 12.5 Å². The molecule has 1 saturated heterocycles. The highest BCUT2D eigenvalue weighted by Crippen LogP contribution is 2.22. The number of carboxylic acids is 1. The molecule has 0 saturated carbocycles. The van der Waals surface area contributed by atoms with Crippen LogP contribution in [0.25, 0.3) is 0 Å². The summed E-state index contributed by atoms with van der Waals surface area (Å²) in [6.07, 6.45) is 0. The lowest BCUT2D eigenvalue weighted by atomic mass is 9.99. The summed E-state index contributed by atoms with van der Waals surface area (Å²) in [6.45, 7) is 2.60. The number of rotatable bonds is 2. The molecule has 1 rings (SSSR count). The molecule has 0 aromatic heterocycles. The fourth-order valence-corrected chi connectivity index (χ4v) is 1.62. The number of carbonyl (C=O) groups is 2. The first-order valence-corrected chi connectivity index (χ1v) is 4.27. The molecule has 5 heteroatoms. The Morgan fingerprint density at radius 1 is 1.54 bits per heavy atom. The second-order valence-electron chi connectivity index (χ2n) is 3.42. The van der Waals surface area contributed by atoms with Gasteiger partial charge in [0.25, 0.3) is 0 Å². The lowest BCUT2D eigenvalue weighted by Crippen LogP contribution is -2.34. The Morgan fingerprint density at radius 3 is 2.54 bits per heavy atom. The number of nitrogens with zero attached hydrogens (tertiary/aromatic N) is 1. The number of amides is 1. The molecule has 13 heavy (non-hydrogen) atoms. The number of likely N-dealkylation sites (tertiary alicyclic amines) is 1. The molecule has 1 fully saturated rings. The van der Waals surface area contributed by atoms with Crippen LogP contribution in [0.2, 0.25) is 0 Å². The van der Waals surface area contributed by atoms with Crippen LogP contribution < -0.4 is 5.73 Å². The predicted octanol–water partition coefficient (Wildman–Crippen LogP) is -0.876. The highest BCUT2D eigenvalue weighted by atomic mass is 16.4. The van der Waals surface area contributed by atoms with Crippen molar-refractivity contribution < 1.29 is 14.7 Å². The Balaban J connectivity index is 2.59. The van der Waals surface area contributed by atoms with Gasteiger partial charge in [0.15, 0.2) is 0 Å². The number of carboxylic acid groups (broad SMARTS) is 1. The zero-order chi connectivity index (χ0) is 10.0. The second kappa shape index (κ2) is 3.74. The molecule has 3 N–H and O–H groups in total. The predicted molar refractivity (Wildman–Crippen MR) is 45.9 cm³/mol. The topological polar surface area (TPSA) is 83.6 Å². The molecule has 0 bridgehead atoms. The van der Waals surface area contributed by atoms with Gasteiger partial charge in [-0.15, -0.1) is 0 Å². The van der Waals surface area contributed by atoms with Gasteiger partial charge >= 0.3 is 5.97 Å². The molecule has 1 amide bonds. The molecule has 1 heterocycles. The normalized spacial score (nSPS) is 27.7. The summed E-state index contributed by atoms with van der Waals surface area (Å²) in [5, 5.41) is 8.79. The molecule has 0 aliphatic carbocycles. The summed E-state index contributed by atoms with van der Waals surface area (Å²) in [5.74, 6) is -1.42. The van der Waals surface area contributed by atoms with E-state index in [0.29, 0.717) is 13.1 Å². The SMILES string of the molecule is CC1CN(C(=O)CN)CC1C(=O)O. The number of aliphatic carboxylic acids is 1. The van der Waals surface area contributed by atoms with Crippen LogP contribution in [0.3, 0.4) is 0 Å². The highest BCUT2D eigenvalue weighted by molar-refractivity contribution is 5.80. The van der Waals surface area contributed by atoms with Crippen molar-refractivity contribution in [3.8, 4) is 0 Å². The van der Waals surface area contributed by atoms with Crippen molar-refractivity contribution in [3.05, 3.63) is 0 Å². The molecule has 0 spiro atoms. The fourth-order valence-electron chi connectivity index (χ4n) is 1.62. The van der Waals surface area contributed by atoms with Crippen molar-refractivity contribution in [2.24, 2.45) is 17.6 Å². The van der Waals surface area contributed by atoms with Gasteiger partial charge in [-0.1, -0.05) is 6.92 Å². The van der Waals surface area contributed by atoms with Crippen LogP contribution in [0.15, 0.2) is 0 Å². The summed E-state index contributed by atoms with van der Waals surface area (Å²) in [7, 11) is 0. The van der Waals surface area contributed by atoms with Crippen LogP contribution >= 0.6 is 0 Å². The van der Waals surface area contributed by atoms with Gasteiger partial charge in [-0.05, 0) is 5.92 Å².